The number of hydrogen-bond donors (Lipinski definition) is 2. The van der Waals surface area contributed by atoms with Crippen LogP contribution in [0.5, 0.6) is 11.5 Å². The minimum atomic E-state index is 0.551. The zero-order chi connectivity index (χ0) is 15.9. The van der Waals surface area contributed by atoms with Crippen molar-refractivity contribution in [1.29, 1.82) is 5.26 Å². The number of nitriles is 1. The van der Waals surface area contributed by atoms with Crippen LogP contribution in [0.1, 0.15) is 11.1 Å². The van der Waals surface area contributed by atoms with Crippen LogP contribution in [0.3, 0.4) is 0 Å². The van der Waals surface area contributed by atoms with Crippen molar-refractivity contribution in [3.05, 3.63) is 47.7 Å². The van der Waals surface area contributed by atoms with Gasteiger partial charge in [0.1, 0.15) is 25.1 Å². The summed E-state index contributed by atoms with van der Waals surface area (Å²) in [7, 11) is 0. The Bertz CT molecular complexity index is 712. The molecule has 6 heteroatoms. The lowest BCUT2D eigenvalue weighted by atomic mass is 10.1. The average Bonchev–Trinajstić information content (AvgIpc) is 2.62. The number of anilines is 1. The van der Waals surface area contributed by atoms with E-state index in [2.05, 4.69) is 21.7 Å². The molecule has 0 bridgehead atoms. The van der Waals surface area contributed by atoms with Crippen molar-refractivity contribution in [2.75, 3.05) is 31.6 Å². The summed E-state index contributed by atoms with van der Waals surface area (Å²) >= 11 is 0. The van der Waals surface area contributed by atoms with Crippen LogP contribution in [0.4, 0.5) is 5.82 Å². The standard InChI is InChI=1S/C17H18N4O2/c18-11-13-4-2-6-20-17(13)21-8-7-19-12-14-3-1-5-15-16(14)23-10-9-22-15/h1-6,19H,7-10,12H2,(H,20,21). The minimum Gasteiger partial charge on any atom is -0.486 e. The van der Waals surface area contributed by atoms with Gasteiger partial charge >= 0.3 is 0 Å². The number of rotatable bonds is 6. The molecule has 2 aromatic rings. The van der Waals surface area contributed by atoms with Gasteiger partial charge in [0.25, 0.3) is 0 Å². The van der Waals surface area contributed by atoms with Crippen molar-refractivity contribution in [2.24, 2.45) is 0 Å². The molecule has 0 saturated heterocycles. The fraction of sp³-hybridized carbons (Fsp3) is 0.294. The van der Waals surface area contributed by atoms with Crippen LogP contribution in [0.15, 0.2) is 36.5 Å². The van der Waals surface area contributed by atoms with Crippen molar-refractivity contribution in [2.45, 2.75) is 6.54 Å². The van der Waals surface area contributed by atoms with E-state index in [1.54, 1.807) is 18.3 Å². The van der Waals surface area contributed by atoms with Gasteiger partial charge < -0.3 is 20.1 Å². The third kappa shape index (κ3) is 3.71. The molecule has 0 amide bonds. The van der Waals surface area contributed by atoms with E-state index in [1.165, 1.54) is 0 Å². The van der Waals surface area contributed by atoms with Gasteiger partial charge in [-0.15, -0.1) is 0 Å². The van der Waals surface area contributed by atoms with E-state index < -0.39 is 0 Å². The maximum atomic E-state index is 9.01. The first-order valence-corrected chi connectivity index (χ1v) is 7.55. The SMILES string of the molecule is N#Cc1cccnc1NCCNCc1cccc2c1OCCO2. The van der Waals surface area contributed by atoms with E-state index in [0.29, 0.717) is 37.7 Å². The number of para-hydroxylation sites is 1. The Hall–Kier alpha value is -2.78. The topological polar surface area (TPSA) is 79.2 Å². The van der Waals surface area contributed by atoms with Gasteiger partial charge in [0.05, 0.1) is 5.56 Å². The maximum Gasteiger partial charge on any atom is 0.165 e. The molecule has 0 unspecified atom stereocenters. The number of nitrogens with one attached hydrogen (secondary N) is 2. The van der Waals surface area contributed by atoms with Gasteiger partial charge in [-0.25, -0.2) is 4.98 Å². The molecule has 1 aliphatic heterocycles. The molecular weight excluding hydrogens is 292 g/mol. The van der Waals surface area contributed by atoms with Crippen molar-refractivity contribution in [3.8, 4) is 17.6 Å². The Morgan fingerprint density at radius 1 is 1.13 bits per heavy atom. The molecule has 0 fully saturated rings. The fourth-order valence-corrected chi connectivity index (χ4v) is 2.40. The Morgan fingerprint density at radius 3 is 2.96 bits per heavy atom. The molecule has 0 atom stereocenters. The summed E-state index contributed by atoms with van der Waals surface area (Å²) in [5.74, 6) is 2.25. The van der Waals surface area contributed by atoms with Gasteiger partial charge in [-0.1, -0.05) is 12.1 Å². The zero-order valence-corrected chi connectivity index (χ0v) is 12.7. The van der Waals surface area contributed by atoms with Crippen LogP contribution in [0, 0.1) is 11.3 Å². The molecule has 23 heavy (non-hydrogen) atoms. The molecule has 1 aliphatic rings. The Kier molecular flexibility index (Phi) is 4.92. The molecule has 0 aliphatic carbocycles. The lowest BCUT2D eigenvalue weighted by Crippen LogP contribution is -2.23. The molecule has 3 rings (SSSR count). The number of ether oxygens (including phenoxy) is 2. The highest BCUT2D eigenvalue weighted by molar-refractivity contribution is 5.51. The van der Waals surface area contributed by atoms with Crippen molar-refractivity contribution < 1.29 is 9.47 Å². The number of benzene rings is 1. The van der Waals surface area contributed by atoms with Crippen LogP contribution >= 0.6 is 0 Å². The first-order valence-electron chi connectivity index (χ1n) is 7.55. The average molecular weight is 310 g/mol. The van der Waals surface area contributed by atoms with Gasteiger partial charge in [-0.2, -0.15) is 5.26 Å². The molecule has 0 radical (unpaired) electrons. The van der Waals surface area contributed by atoms with Crippen molar-refractivity contribution in [3.63, 3.8) is 0 Å². The molecular formula is C17H18N4O2. The molecule has 1 aromatic heterocycles. The van der Waals surface area contributed by atoms with Gasteiger partial charge in [0.15, 0.2) is 11.5 Å². The monoisotopic (exact) mass is 310 g/mol. The Morgan fingerprint density at radius 2 is 2.04 bits per heavy atom. The summed E-state index contributed by atoms with van der Waals surface area (Å²) in [6.07, 6.45) is 1.67. The predicted molar refractivity (Wildman–Crippen MR) is 86.6 cm³/mol. The van der Waals surface area contributed by atoms with E-state index in [0.717, 1.165) is 23.6 Å². The van der Waals surface area contributed by atoms with Gasteiger partial charge in [0, 0.05) is 31.4 Å². The fourth-order valence-electron chi connectivity index (χ4n) is 2.40. The highest BCUT2D eigenvalue weighted by Crippen LogP contribution is 2.33. The molecule has 0 saturated carbocycles. The number of nitrogens with zero attached hydrogens (tertiary/aromatic N) is 2. The largest absolute Gasteiger partial charge is 0.486 e. The molecule has 1 aromatic carbocycles. The normalized spacial score (nSPS) is 12.5. The first kappa shape index (κ1) is 15.1. The van der Waals surface area contributed by atoms with Gasteiger partial charge in [-0.3, -0.25) is 0 Å². The van der Waals surface area contributed by atoms with Crippen LogP contribution in [0.2, 0.25) is 0 Å². The van der Waals surface area contributed by atoms with Crippen molar-refractivity contribution in [1.82, 2.24) is 10.3 Å². The van der Waals surface area contributed by atoms with Crippen LogP contribution < -0.4 is 20.1 Å². The lowest BCUT2D eigenvalue weighted by Gasteiger charge is -2.21. The van der Waals surface area contributed by atoms with E-state index in [1.807, 2.05) is 18.2 Å². The highest BCUT2D eigenvalue weighted by atomic mass is 16.6. The molecule has 2 heterocycles. The summed E-state index contributed by atoms with van der Waals surface area (Å²) in [4.78, 5) is 4.17. The number of hydrogen-bond acceptors (Lipinski definition) is 6. The number of pyridine rings is 1. The second kappa shape index (κ2) is 7.47. The third-order valence-corrected chi connectivity index (χ3v) is 3.49. The summed E-state index contributed by atoms with van der Waals surface area (Å²) in [6, 6.07) is 11.5. The van der Waals surface area contributed by atoms with E-state index in [4.69, 9.17) is 14.7 Å². The quantitative estimate of drug-likeness (QED) is 0.794. The van der Waals surface area contributed by atoms with Crippen LogP contribution in [-0.2, 0) is 6.54 Å². The summed E-state index contributed by atoms with van der Waals surface area (Å²) in [5.41, 5.74) is 1.63. The van der Waals surface area contributed by atoms with E-state index in [9.17, 15) is 0 Å². The number of aromatic nitrogens is 1. The molecule has 118 valence electrons. The van der Waals surface area contributed by atoms with E-state index in [-0.39, 0.29) is 0 Å². The summed E-state index contributed by atoms with van der Waals surface area (Å²) in [5, 5.41) is 15.5. The summed E-state index contributed by atoms with van der Waals surface area (Å²) < 4.78 is 11.3. The summed E-state index contributed by atoms with van der Waals surface area (Å²) in [6.45, 7) is 3.30. The molecule has 0 spiro atoms. The lowest BCUT2D eigenvalue weighted by molar-refractivity contribution is 0.169. The smallest absolute Gasteiger partial charge is 0.165 e. The van der Waals surface area contributed by atoms with E-state index >= 15 is 0 Å². The minimum absolute atomic E-state index is 0.551. The predicted octanol–water partition coefficient (Wildman–Crippen LogP) is 1.93. The number of fused-ring (bicyclic) bond motifs is 1. The van der Waals surface area contributed by atoms with Gasteiger partial charge in [-0.05, 0) is 18.2 Å². The zero-order valence-electron chi connectivity index (χ0n) is 12.7. The Balaban J connectivity index is 1.48. The Labute approximate surface area is 135 Å². The van der Waals surface area contributed by atoms with Crippen LogP contribution in [0.25, 0.3) is 0 Å². The second-order valence-corrected chi connectivity index (χ2v) is 5.06. The highest BCUT2D eigenvalue weighted by Gasteiger charge is 2.14. The van der Waals surface area contributed by atoms with Gasteiger partial charge in [0.2, 0.25) is 0 Å². The third-order valence-electron chi connectivity index (χ3n) is 3.49. The van der Waals surface area contributed by atoms with Crippen molar-refractivity contribution >= 4 is 5.82 Å². The molecule has 2 N–H and O–H groups in total. The molecule has 6 nitrogen and oxygen atoms in total. The second-order valence-electron chi connectivity index (χ2n) is 5.06. The first-order chi connectivity index (χ1) is 11.4. The maximum absolute atomic E-state index is 9.01. The van der Waals surface area contributed by atoms with Crippen LogP contribution in [-0.4, -0.2) is 31.3 Å².